The van der Waals surface area contributed by atoms with E-state index < -0.39 is 5.41 Å². The van der Waals surface area contributed by atoms with Crippen molar-refractivity contribution in [3.63, 3.8) is 0 Å². The first-order valence-electron chi connectivity index (χ1n) is 6.55. The van der Waals surface area contributed by atoms with Gasteiger partial charge in [-0.05, 0) is 25.1 Å². The minimum absolute atomic E-state index is 0.238. The normalized spacial score (nSPS) is 24.7. The Bertz CT molecular complexity index is 579. The van der Waals surface area contributed by atoms with E-state index in [-0.39, 0.29) is 24.5 Å². The second kappa shape index (κ2) is 6.01. The number of nitrogens with one attached hydrogen (secondary N) is 2. The first kappa shape index (κ1) is 15.8. The smallest absolute Gasteiger partial charge is 0.252 e. The summed E-state index contributed by atoms with van der Waals surface area (Å²) in [7, 11) is 1.51. The largest absolute Gasteiger partial charge is 0.379 e. The van der Waals surface area contributed by atoms with Gasteiger partial charge in [0.05, 0.1) is 29.2 Å². The van der Waals surface area contributed by atoms with Crippen molar-refractivity contribution in [3.8, 4) is 0 Å². The Kier molecular flexibility index (Phi) is 4.51. The lowest BCUT2D eigenvalue weighted by molar-refractivity contribution is -0.125. The van der Waals surface area contributed by atoms with Crippen LogP contribution in [0.1, 0.15) is 17.3 Å². The van der Waals surface area contributed by atoms with Crippen LogP contribution in [0.3, 0.4) is 0 Å². The molecule has 1 aromatic rings. The number of halogens is 1. The summed E-state index contributed by atoms with van der Waals surface area (Å²) >= 11 is 5.97. The van der Waals surface area contributed by atoms with Crippen molar-refractivity contribution in [2.45, 2.75) is 13.0 Å². The predicted octanol–water partition coefficient (Wildman–Crippen LogP) is 1.00. The summed E-state index contributed by atoms with van der Waals surface area (Å²) in [5.74, 6) is -0.555. The second-order valence-corrected chi connectivity index (χ2v) is 5.67. The predicted molar refractivity (Wildman–Crippen MR) is 80.4 cm³/mol. The Hall–Kier alpha value is -1.63. The van der Waals surface area contributed by atoms with Crippen molar-refractivity contribution >= 4 is 29.1 Å². The van der Waals surface area contributed by atoms with Crippen molar-refractivity contribution < 1.29 is 14.3 Å². The fourth-order valence-electron chi connectivity index (χ4n) is 2.11. The van der Waals surface area contributed by atoms with Crippen LogP contribution in [0.25, 0.3) is 0 Å². The Morgan fingerprint density at radius 3 is 2.76 bits per heavy atom. The van der Waals surface area contributed by atoms with E-state index in [1.165, 1.54) is 13.1 Å². The fourth-order valence-corrected chi connectivity index (χ4v) is 2.31. The lowest BCUT2D eigenvalue weighted by Gasteiger charge is -2.25. The summed E-state index contributed by atoms with van der Waals surface area (Å²) in [6.45, 7) is 2.39. The zero-order chi connectivity index (χ0) is 15.6. The van der Waals surface area contributed by atoms with Crippen LogP contribution in [0.2, 0.25) is 5.02 Å². The Balaban J connectivity index is 2.20. The number of hydrogen-bond acceptors (Lipinski definition) is 4. The molecule has 1 saturated heterocycles. The van der Waals surface area contributed by atoms with Crippen molar-refractivity contribution in [3.05, 3.63) is 28.8 Å². The first-order chi connectivity index (χ1) is 9.88. The number of carbonyl (C=O) groups excluding carboxylic acids is 2. The van der Waals surface area contributed by atoms with E-state index in [1.807, 2.05) is 0 Å². The molecule has 1 heterocycles. The monoisotopic (exact) mass is 311 g/mol. The molecule has 0 spiro atoms. The van der Waals surface area contributed by atoms with Gasteiger partial charge < -0.3 is 21.1 Å². The molecule has 21 heavy (non-hydrogen) atoms. The van der Waals surface area contributed by atoms with Gasteiger partial charge in [0.2, 0.25) is 5.91 Å². The number of carbonyl (C=O) groups is 2. The lowest BCUT2D eigenvalue weighted by atomic mass is 9.85. The van der Waals surface area contributed by atoms with E-state index in [9.17, 15) is 9.59 Å². The van der Waals surface area contributed by atoms with E-state index in [0.717, 1.165) is 0 Å². The molecule has 0 saturated carbocycles. The quantitative estimate of drug-likeness (QED) is 0.776. The Morgan fingerprint density at radius 2 is 2.19 bits per heavy atom. The van der Waals surface area contributed by atoms with E-state index in [1.54, 1.807) is 19.1 Å². The maximum Gasteiger partial charge on any atom is 0.252 e. The molecule has 0 radical (unpaired) electrons. The van der Waals surface area contributed by atoms with E-state index in [2.05, 4.69) is 10.6 Å². The van der Waals surface area contributed by atoms with Crippen LogP contribution in [0.15, 0.2) is 18.2 Å². The molecule has 1 aromatic carbocycles. The molecule has 1 fully saturated rings. The minimum Gasteiger partial charge on any atom is -0.379 e. The minimum atomic E-state index is -0.785. The highest BCUT2D eigenvalue weighted by atomic mass is 35.5. The SMILES string of the molecule is CNC(=O)c1cc(NC(=O)C2(C)COCC2N)ccc1Cl. The van der Waals surface area contributed by atoms with Gasteiger partial charge in [0, 0.05) is 18.8 Å². The standard InChI is InChI=1S/C14H18ClN3O3/c1-14(7-21-6-11(14)16)13(20)18-8-3-4-10(15)9(5-8)12(19)17-2/h3-5,11H,6-7,16H2,1-2H3,(H,17,19)(H,18,20). The second-order valence-electron chi connectivity index (χ2n) is 5.27. The summed E-state index contributed by atoms with van der Waals surface area (Å²) in [5, 5.41) is 5.58. The molecule has 2 atom stereocenters. The molecular formula is C14H18ClN3O3. The maximum absolute atomic E-state index is 12.4. The third-order valence-electron chi connectivity index (χ3n) is 3.73. The molecule has 114 valence electrons. The summed E-state index contributed by atoms with van der Waals surface area (Å²) < 4.78 is 5.26. The average molecular weight is 312 g/mol. The number of ether oxygens (including phenoxy) is 1. The number of benzene rings is 1. The van der Waals surface area contributed by atoms with E-state index >= 15 is 0 Å². The molecule has 1 aliphatic rings. The third-order valence-corrected chi connectivity index (χ3v) is 4.06. The summed E-state index contributed by atoms with van der Waals surface area (Å²) in [6.07, 6.45) is 0. The molecule has 2 rings (SSSR count). The molecule has 2 unspecified atom stereocenters. The zero-order valence-electron chi connectivity index (χ0n) is 11.9. The molecular weight excluding hydrogens is 294 g/mol. The van der Waals surface area contributed by atoms with E-state index in [4.69, 9.17) is 22.1 Å². The lowest BCUT2D eigenvalue weighted by Crippen LogP contribution is -2.47. The van der Waals surface area contributed by atoms with Crippen LogP contribution in [0.5, 0.6) is 0 Å². The van der Waals surface area contributed by atoms with Crippen LogP contribution in [0.4, 0.5) is 5.69 Å². The van der Waals surface area contributed by atoms with Gasteiger partial charge in [-0.2, -0.15) is 0 Å². The summed E-state index contributed by atoms with van der Waals surface area (Å²) in [4.78, 5) is 24.1. The molecule has 7 heteroatoms. The number of rotatable bonds is 3. The van der Waals surface area contributed by atoms with Crippen molar-refractivity contribution in [1.29, 1.82) is 0 Å². The number of nitrogens with two attached hydrogens (primary N) is 1. The molecule has 0 aromatic heterocycles. The van der Waals surface area contributed by atoms with Crippen LogP contribution < -0.4 is 16.4 Å². The first-order valence-corrected chi connectivity index (χ1v) is 6.92. The van der Waals surface area contributed by atoms with Crippen LogP contribution in [0, 0.1) is 5.41 Å². The fraction of sp³-hybridized carbons (Fsp3) is 0.429. The number of anilines is 1. The highest BCUT2D eigenvalue weighted by Crippen LogP contribution is 2.29. The molecule has 2 amide bonds. The molecule has 0 aliphatic carbocycles. The highest BCUT2D eigenvalue weighted by molar-refractivity contribution is 6.34. The Labute approximate surface area is 128 Å². The van der Waals surface area contributed by atoms with Crippen LogP contribution in [-0.2, 0) is 9.53 Å². The van der Waals surface area contributed by atoms with Gasteiger partial charge in [0.1, 0.15) is 0 Å². The molecule has 1 aliphatic heterocycles. The third kappa shape index (κ3) is 3.02. The maximum atomic E-state index is 12.4. The number of hydrogen-bond donors (Lipinski definition) is 3. The van der Waals surface area contributed by atoms with Gasteiger partial charge in [-0.1, -0.05) is 11.6 Å². The van der Waals surface area contributed by atoms with Gasteiger partial charge in [-0.15, -0.1) is 0 Å². The van der Waals surface area contributed by atoms with Crippen molar-refractivity contribution in [2.24, 2.45) is 11.1 Å². The topological polar surface area (TPSA) is 93.5 Å². The molecule has 4 N–H and O–H groups in total. The van der Waals surface area contributed by atoms with Gasteiger partial charge in [-0.3, -0.25) is 9.59 Å². The summed E-state index contributed by atoms with van der Waals surface area (Å²) in [5.41, 5.74) is 5.92. The van der Waals surface area contributed by atoms with Crippen molar-refractivity contribution in [2.75, 3.05) is 25.6 Å². The van der Waals surface area contributed by atoms with Crippen molar-refractivity contribution in [1.82, 2.24) is 5.32 Å². The highest BCUT2D eigenvalue weighted by Gasteiger charge is 2.44. The van der Waals surface area contributed by atoms with Gasteiger partial charge in [0.25, 0.3) is 5.91 Å². The zero-order valence-corrected chi connectivity index (χ0v) is 12.7. The van der Waals surface area contributed by atoms with Gasteiger partial charge >= 0.3 is 0 Å². The van der Waals surface area contributed by atoms with Crippen LogP contribution >= 0.6 is 11.6 Å². The van der Waals surface area contributed by atoms with Crippen LogP contribution in [-0.4, -0.2) is 38.1 Å². The van der Waals surface area contributed by atoms with Gasteiger partial charge in [-0.25, -0.2) is 0 Å². The number of amides is 2. The molecule has 6 nitrogen and oxygen atoms in total. The molecule has 0 bridgehead atoms. The average Bonchev–Trinajstić information content (AvgIpc) is 2.81. The van der Waals surface area contributed by atoms with E-state index in [0.29, 0.717) is 22.9 Å². The van der Waals surface area contributed by atoms with Gasteiger partial charge in [0.15, 0.2) is 0 Å². The Morgan fingerprint density at radius 1 is 1.48 bits per heavy atom. The summed E-state index contributed by atoms with van der Waals surface area (Å²) in [6, 6.07) is 4.37.